The first kappa shape index (κ1) is 20.4. The van der Waals surface area contributed by atoms with Gasteiger partial charge in [0.1, 0.15) is 0 Å². The largest absolute Gasteiger partial charge is 0.373 e. The van der Waals surface area contributed by atoms with Crippen LogP contribution in [0.2, 0.25) is 0 Å². The second-order valence-corrected chi connectivity index (χ2v) is 6.30. The van der Waals surface area contributed by atoms with E-state index in [2.05, 4.69) is 75.6 Å². The predicted molar refractivity (Wildman–Crippen MR) is 107 cm³/mol. The van der Waals surface area contributed by atoms with Crippen molar-refractivity contribution < 1.29 is 0 Å². The lowest BCUT2D eigenvalue weighted by atomic mass is 10.1. The van der Waals surface area contributed by atoms with Gasteiger partial charge >= 0.3 is 0 Å². The molecule has 0 spiro atoms. The summed E-state index contributed by atoms with van der Waals surface area (Å²) in [5, 5.41) is 6.90. The van der Waals surface area contributed by atoms with Crippen LogP contribution < -0.4 is 10.6 Å². The number of nitrogens with one attached hydrogen (secondary N) is 2. The monoisotopic (exact) mass is 329 g/mol. The Morgan fingerprint density at radius 2 is 2.08 bits per heavy atom. The van der Waals surface area contributed by atoms with Gasteiger partial charge in [-0.25, -0.2) is 0 Å². The Morgan fingerprint density at radius 1 is 1.29 bits per heavy atom. The van der Waals surface area contributed by atoms with Crippen molar-refractivity contribution in [3.05, 3.63) is 47.2 Å². The fraction of sp³-hybridized carbons (Fsp3) is 0.571. The Kier molecular flexibility index (Phi) is 10.1. The predicted octanol–water partition coefficient (Wildman–Crippen LogP) is 4.90. The minimum Gasteiger partial charge on any atom is -0.373 e. The first-order valence-electron chi connectivity index (χ1n) is 9.34. The minimum atomic E-state index is 0.366. The molecule has 0 aromatic heterocycles. The molecule has 0 heterocycles. The smallest absolute Gasteiger partial charge is 0.0655 e. The molecular formula is C21H35N3. The molecule has 0 aromatic rings. The highest BCUT2D eigenvalue weighted by Crippen LogP contribution is 2.19. The van der Waals surface area contributed by atoms with Crippen LogP contribution in [-0.4, -0.2) is 25.0 Å². The Hall–Kier alpha value is -1.61. The van der Waals surface area contributed by atoms with Crippen LogP contribution in [-0.2, 0) is 0 Å². The van der Waals surface area contributed by atoms with Gasteiger partial charge in [-0.3, -0.25) is 10.3 Å². The van der Waals surface area contributed by atoms with E-state index in [1.807, 2.05) is 0 Å². The standard InChI is InChI=1S/C21H35N3/c1-6-9-10-11-14-22-16-23-20-13-12-19(8-3)21(15-17(20)4)24-18(5)7-2/h8,10-11,13,15,18,22-23H,6-7,9,12,14,16H2,1-5H3/b11-10+,19-8-,24-21?. The highest BCUT2D eigenvalue weighted by atomic mass is 15.1. The zero-order valence-corrected chi connectivity index (χ0v) is 16.2. The maximum Gasteiger partial charge on any atom is 0.0655 e. The van der Waals surface area contributed by atoms with Crippen molar-refractivity contribution in [1.82, 2.24) is 10.6 Å². The van der Waals surface area contributed by atoms with Gasteiger partial charge in [0.25, 0.3) is 0 Å². The Balaban J connectivity index is 2.65. The summed E-state index contributed by atoms with van der Waals surface area (Å²) in [6.45, 7) is 12.5. The lowest BCUT2D eigenvalue weighted by molar-refractivity contribution is 0.676. The van der Waals surface area contributed by atoms with Crippen molar-refractivity contribution in [2.75, 3.05) is 13.2 Å². The Labute approximate surface area is 148 Å². The number of hydrogen-bond donors (Lipinski definition) is 2. The molecule has 0 bridgehead atoms. The maximum atomic E-state index is 4.88. The average Bonchev–Trinajstić information content (AvgIpc) is 2.72. The number of aliphatic imine (C=N–C) groups is 1. The van der Waals surface area contributed by atoms with Crippen LogP contribution in [0.25, 0.3) is 0 Å². The summed E-state index contributed by atoms with van der Waals surface area (Å²) in [5.74, 6) is 0. The zero-order chi connectivity index (χ0) is 17.8. The van der Waals surface area contributed by atoms with E-state index in [1.54, 1.807) is 0 Å². The molecule has 0 amide bonds. The molecule has 0 saturated heterocycles. The van der Waals surface area contributed by atoms with E-state index < -0.39 is 0 Å². The summed E-state index contributed by atoms with van der Waals surface area (Å²) >= 11 is 0. The van der Waals surface area contributed by atoms with Gasteiger partial charge < -0.3 is 5.32 Å². The molecule has 1 rings (SSSR count). The van der Waals surface area contributed by atoms with Crippen LogP contribution >= 0.6 is 0 Å². The molecule has 2 N–H and O–H groups in total. The highest BCUT2D eigenvalue weighted by Gasteiger charge is 2.12. The number of nitrogens with zero attached hydrogens (tertiary/aromatic N) is 1. The molecule has 3 heteroatoms. The summed E-state index contributed by atoms with van der Waals surface area (Å²) in [6.07, 6.45) is 15.5. The van der Waals surface area contributed by atoms with E-state index in [-0.39, 0.29) is 0 Å². The van der Waals surface area contributed by atoms with Gasteiger partial charge in [0.2, 0.25) is 0 Å². The molecule has 1 aliphatic rings. The van der Waals surface area contributed by atoms with Gasteiger partial charge in [0.05, 0.1) is 12.4 Å². The molecule has 0 saturated carbocycles. The summed E-state index contributed by atoms with van der Waals surface area (Å²) in [6, 6.07) is 0.366. The van der Waals surface area contributed by atoms with Crippen molar-refractivity contribution in [1.29, 1.82) is 0 Å². The summed E-state index contributed by atoms with van der Waals surface area (Å²) in [4.78, 5) is 4.88. The minimum absolute atomic E-state index is 0.366. The number of allylic oxidation sites excluding steroid dienone is 6. The van der Waals surface area contributed by atoms with E-state index in [0.717, 1.165) is 38.2 Å². The lowest BCUT2D eigenvalue weighted by Crippen LogP contribution is -2.28. The summed E-state index contributed by atoms with van der Waals surface area (Å²) < 4.78 is 0. The van der Waals surface area contributed by atoms with Gasteiger partial charge in [0.15, 0.2) is 0 Å². The van der Waals surface area contributed by atoms with E-state index in [0.29, 0.717) is 6.04 Å². The molecular weight excluding hydrogens is 294 g/mol. The number of hydrogen-bond acceptors (Lipinski definition) is 3. The van der Waals surface area contributed by atoms with Crippen LogP contribution in [0.3, 0.4) is 0 Å². The van der Waals surface area contributed by atoms with Crippen molar-refractivity contribution in [3.63, 3.8) is 0 Å². The third-order valence-corrected chi connectivity index (χ3v) is 4.22. The van der Waals surface area contributed by atoms with Crippen molar-refractivity contribution in [3.8, 4) is 0 Å². The third-order valence-electron chi connectivity index (χ3n) is 4.22. The van der Waals surface area contributed by atoms with E-state index in [1.165, 1.54) is 23.3 Å². The maximum absolute atomic E-state index is 4.88. The van der Waals surface area contributed by atoms with Gasteiger partial charge in [0, 0.05) is 18.3 Å². The summed E-state index contributed by atoms with van der Waals surface area (Å²) in [5.41, 5.74) is 4.89. The Bertz CT molecular complexity index is 521. The van der Waals surface area contributed by atoms with Crippen LogP contribution in [0.15, 0.2) is 52.2 Å². The van der Waals surface area contributed by atoms with Gasteiger partial charge in [-0.2, -0.15) is 0 Å². The fourth-order valence-electron chi connectivity index (χ4n) is 2.46. The molecule has 24 heavy (non-hydrogen) atoms. The molecule has 1 unspecified atom stereocenters. The van der Waals surface area contributed by atoms with E-state index >= 15 is 0 Å². The second kappa shape index (κ2) is 11.9. The van der Waals surface area contributed by atoms with E-state index in [4.69, 9.17) is 4.99 Å². The zero-order valence-electron chi connectivity index (χ0n) is 16.2. The normalized spacial score (nSPS) is 20.2. The van der Waals surface area contributed by atoms with E-state index in [9.17, 15) is 0 Å². The highest BCUT2D eigenvalue weighted by molar-refractivity contribution is 6.09. The molecule has 0 aliphatic heterocycles. The van der Waals surface area contributed by atoms with Crippen molar-refractivity contribution >= 4 is 5.71 Å². The van der Waals surface area contributed by atoms with Crippen molar-refractivity contribution in [2.45, 2.75) is 66.3 Å². The average molecular weight is 330 g/mol. The van der Waals surface area contributed by atoms with Gasteiger partial charge in [-0.05, 0) is 57.3 Å². The van der Waals surface area contributed by atoms with Crippen molar-refractivity contribution in [2.24, 2.45) is 4.99 Å². The molecule has 1 atom stereocenters. The third kappa shape index (κ3) is 7.31. The number of unbranched alkanes of at least 4 members (excludes halogenated alkanes) is 1. The molecule has 0 fully saturated rings. The first-order chi connectivity index (χ1) is 11.6. The molecule has 1 aliphatic carbocycles. The van der Waals surface area contributed by atoms with Crippen LogP contribution in [0.4, 0.5) is 0 Å². The Morgan fingerprint density at radius 3 is 2.75 bits per heavy atom. The van der Waals surface area contributed by atoms with Gasteiger partial charge in [-0.1, -0.05) is 44.6 Å². The molecule has 3 nitrogen and oxygen atoms in total. The number of rotatable bonds is 9. The molecule has 0 aromatic carbocycles. The topological polar surface area (TPSA) is 36.4 Å². The SMILES string of the molecule is C/C=C1/CC=C(NCNC/C=C/CCC)C(C)=CC1=NC(C)CC. The quantitative estimate of drug-likeness (QED) is 0.358. The second-order valence-electron chi connectivity index (χ2n) is 6.30. The van der Waals surface area contributed by atoms with Crippen LogP contribution in [0, 0.1) is 0 Å². The fourth-order valence-corrected chi connectivity index (χ4v) is 2.46. The molecule has 0 radical (unpaired) electrons. The van der Waals surface area contributed by atoms with Crippen LogP contribution in [0.1, 0.15) is 60.3 Å². The lowest BCUT2D eigenvalue weighted by Gasteiger charge is -2.11. The first-order valence-corrected chi connectivity index (χ1v) is 9.34. The van der Waals surface area contributed by atoms with Gasteiger partial charge in [-0.15, -0.1) is 0 Å². The molecule has 134 valence electrons. The summed E-state index contributed by atoms with van der Waals surface area (Å²) in [7, 11) is 0. The van der Waals surface area contributed by atoms with Crippen LogP contribution in [0.5, 0.6) is 0 Å².